The summed E-state index contributed by atoms with van der Waals surface area (Å²) >= 11 is 0. The van der Waals surface area contributed by atoms with Crippen molar-refractivity contribution in [1.82, 2.24) is 14.9 Å². The average molecular weight is 404 g/mol. The van der Waals surface area contributed by atoms with Crippen LogP contribution in [-0.4, -0.2) is 61.7 Å². The topological polar surface area (TPSA) is 101 Å². The molecule has 1 saturated heterocycles. The summed E-state index contributed by atoms with van der Waals surface area (Å²) in [5.74, 6) is 0.150. The highest BCUT2D eigenvalue weighted by Gasteiger charge is 2.19. The molecule has 1 aliphatic rings. The third-order valence-electron chi connectivity index (χ3n) is 4.64. The van der Waals surface area contributed by atoms with Crippen LogP contribution in [0.5, 0.6) is 5.88 Å². The van der Waals surface area contributed by atoms with E-state index in [1.165, 1.54) is 18.3 Å². The van der Waals surface area contributed by atoms with Gasteiger partial charge in [-0.1, -0.05) is 0 Å². The van der Waals surface area contributed by atoms with E-state index < -0.39 is 9.84 Å². The molecule has 0 aromatic carbocycles. The van der Waals surface area contributed by atoms with E-state index in [-0.39, 0.29) is 17.0 Å². The first-order chi connectivity index (χ1) is 13.2. The predicted molar refractivity (Wildman–Crippen MR) is 105 cm³/mol. The largest absolute Gasteiger partial charge is 0.474 e. The minimum Gasteiger partial charge on any atom is -0.474 e. The molecule has 2 aromatic heterocycles. The van der Waals surface area contributed by atoms with E-state index in [1.807, 2.05) is 0 Å². The molecule has 0 aliphatic carbocycles. The number of sulfone groups is 1. The quantitative estimate of drug-likeness (QED) is 0.812. The molecular weight excluding hydrogens is 380 g/mol. The average Bonchev–Trinajstić information content (AvgIpc) is 2.65. The molecule has 150 valence electrons. The molecule has 3 heterocycles. The number of piperidine rings is 1. The van der Waals surface area contributed by atoms with Gasteiger partial charge in [0.1, 0.15) is 6.10 Å². The summed E-state index contributed by atoms with van der Waals surface area (Å²) in [5.41, 5.74) is 1.25. The van der Waals surface area contributed by atoms with Crippen molar-refractivity contribution in [2.45, 2.75) is 30.9 Å². The molecule has 0 unspecified atom stereocenters. The Kier molecular flexibility index (Phi) is 5.95. The number of pyridine rings is 2. The number of rotatable bonds is 5. The van der Waals surface area contributed by atoms with Crippen LogP contribution in [0.3, 0.4) is 0 Å². The summed E-state index contributed by atoms with van der Waals surface area (Å²) in [6.07, 6.45) is 4.61. The Morgan fingerprint density at radius 1 is 1.21 bits per heavy atom. The molecule has 0 radical (unpaired) electrons. The van der Waals surface area contributed by atoms with E-state index in [4.69, 9.17) is 4.74 Å². The first kappa shape index (κ1) is 20.2. The van der Waals surface area contributed by atoms with Crippen molar-refractivity contribution in [3.63, 3.8) is 0 Å². The minimum absolute atomic E-state index is 0.0277. The van der Waals surface area contributed by atoms with E-state index >= 15 is 0 Å². The van der Waals surface area contributed by atoms with E-state index in [1.54, 1.807) is 19.1 Å². The van der Waals surface area contributed by atoms with Crippen molar-refractivity contribution >= 4 is 21.4 Å². The number of carbonyl (C=O) groups excluding carboxylic acids is 1. The molecule has 0 bridgehead atoms. The van der Waals surface area contributed by atoms with Gasteiger partial charge in [0.2, 0.25) is 5.88 Å². The molecular formula is C19H24N4O4S. The lowest BCUT2D eigenvalue weighted by molar-refractivity contribution is 0.102. The van der Waals surface area contributed by atoms with Gasteiger partial charge in [-0.3, -0.25) is 4.79 Å². The molecule has 3 rings (SSSR count). The third kappa shape index (κ3) is 5.05. The fourth-order valence-electron chi connectivity index (χ4n) is 2.93. The van der Waals surface area contributed by atoms with Gasteiger partial charge in [-0.25, -0.2) is 18.4 Å². The number of anilines is 1. The number of ether oxygens (including phenoxy) is 1. The molecule has 2 aromatic rings. The summed E-state index contributed by atoms with van der Waals surface area (Å²) in [5, 5.41) is 2.70. The normalized spacial score (nSPS) is 16.0. The minimum atomic E-state index is -3.39. The fourth-order valence-corrected chi connectivity index (χ4v) is 3.55. The monoisotopic (exact) mass is 404 g/mol. The van der Waals surface area contributed by atoms with Crippen LogP contribution in [0.1, 0.15) is 28.9 Å². The van der Waals surface area contributed by atoms with Gasteiger partial charge < -0.3 is 15.0 Å². The highest BCUT2D eigenvalue weighted by atomic mass is 32.2. The lowest BCUT2D eigenvalue weighted by Crippen LogP contribution is -2.35. The summed E-state index contributed by atoms with van der Waals surface area (Å²) in [4.78, 5) is 23.0. The van der Waals surface area contributed by atoms with Crippen molar-refractivity contribution in [3.05, 3.63) is 41.7 Å². The molecule has 1 fully saturated rings. The third-order valence-corrected chi connectivity index (χ3v) is 5.63. The Morgan fingerprint density at radius 3 is 2.50 bits per heavy atom. The molecule has 0 saturated carbocycles. The second-order valence-corrected chi connectivity index (χ2v) is 8.98. The Balaban J connectivity index is 1.63. The second kappa shape index (κ2) is 8.24. The Morgan fingerprint density at radius 2 is 1.93 bits per heavy atom. The molecule has 0 spiro atoms. The standard InChI is InChI=1S/C19H24N4O4S/c1-13-16(5-7-18(21-13)28(3,25)26)22-19(24)14-4-6-17(20-12-14)27-15-8-10-23(2)11-9-15/h4-7,12,15H,8-11H2,1-3H3,(H,22,24). The van der Waals surface area contributed by atoms with Gasteiger partial charge in [-0.15, -0.1) is 0 Å². The number of nitrogens with one attached hydrogen (secondary N) is 1. The highest BCUT2D eigenvalue weighted by molar-refractivity contribution is 7.90. The van der Waals surface area contributed by atoms with Gasteiger partial charge in [0.25, 0.3) is 5.91 Å². The molecule has 9 heteroatoms. The zero-order chi connectivity index (χ0) is 20.3. The SMILES string of the molecule is Cc1nc(S(C)(=O)=O)ccc1NC(=O)c1ccc(OC2CCN(C)CC2)nc1. The Bertz CT molecular complexity index is 952. The van der Waals surface area contributed by atoms with Crippen molar-refractivity contribution < 1.29 is 17.9 Å². The molecule has 1 amide bonds. The first-order valence-corrected chi connectivity index (χ1v) is 10.9. The van der Waals surface area contributed by atoms with Gasteiger partial charge >= 0.3 is 0 Å². The van der Waals surface area contributed by atoms with Crippen molar-refractivity contribution in [1.29, 1.82) is 0 Å². The van der Waals surface area contributed by atoms with Crippen molar-refractivity contribution in [3.8, 4) is 5.88 Å². The molecule has 0 atom stereocenters. The summed E-state index contributed by atoms with van der Waals surface area (Å²) in [6, 6.07) is 6.24. The maximum absolute atomic E-state index is 12.4. The summed E-state index contributed by atoms with van der Waals surface area (Å²) in [6.45, 7) is 3.63. The van der Waals surface area contributed by atoms with Crippen LogP contribution in [0, 0.1) is 6.92 Å². The van der Waals surface area contributed by atoms with Crippen LogP contribution < -0.4 is 10.1 Å². The number of nitrogens with zero attached hydrogens (tertiary/aromatic N) is 3. The maximum atomic E-state index is 12.4. The smallest absolute Gasteiger partial charge is 0.257 e. The van der Waals surface area contributed by atoms with E-state index in [9.17, 15) is 13.2 Å². The number of hydrogen-bond acceptors (Lipinski definition) is 7. The van der Waals surface area contributed by atoms with Crippen LogP contribution in [0.4, 0.5) is 5.69 Å². The maximum Gasteiger partial charge on any atom is 0.257 e. The Labute approximate surface area is 164 Å². The van der Waals surface area contributed by atoms with Gasteiger partial charge in [-0.2, -0.15) is 0 Å². The summed E-state index contributed by atoms with van der Waals surface area (Å²) in [7, 11) is -1.30. The number of aryl methyl sites for hydroxylation is 1. The number of carbonyl (C=O) groups is 1. The van der Waals surface area contributed by atoms with Gasteiger partial charge in [0.15, 0.2) is 14.9 Å². The van der Waals surface area contributed by atoms with Crippen LogP contribution in [-0.2, 0) is 9.84 Å². The number of amides is 1. The van der Waals surface area contributed by atoms with E-state index in [0.717, 1.165) is 32.2 Å². The van der Waals surface area contributed by atoms with Crippen LogP contribution in [0.25, 0.3) is 0 Å². The molecule has 28 heavy (non-hydrogen) atoms. The molecule has 8 nitrogen and oxygen atoms in total. The van der Waals surface area contributed by atoms with Crippen LogP contribution in [0.2, 0.25) is 0 Å². The van der Waals surface area contributed by atoms with Gasteiger partial charge in [-0.05, 0) is 45.0 Å². The predicted octanol–water partition coefficient (Wildman–Crippen LogP) is 1.91. The molecule has 1 N–H and O–H groups in total. The highest BCUT2D eigenvalue weighted by Crippen LogP contribution is 2.19. The van der Waals surface area contributed by atoms with Crippen molar-refractivity contribution in [2.24, 2.45) is 0 Å². The Hall–Kier alpha value is -2.52. The number of likely N-dealkylation sites (tertiary alicyclic amines) is 1. The fraction of sp³-hybridized carbons (Fsp3) is 0.421. The van der Waals surface area contributed by atoms with E-state index in [0.29, 0.717) is 22.8 Å². The van der Waals surface area contributed by atoms with Gasteiger partial charge in [0.05, 0.1) is 16.9 Å². The van der Waals surface area contributed by atoms with E-state index in [2.05, 4.69) is 27.2 Å². The van der Waals surface area contributed by atoms with Gasteiger partial charge in [0, 0.05) is 31.6 Å². The summed E-state index contributed by atoms with van der Waals surface area (Å²) < 4.78 is 29.0. The molecule has 1 aliphatic heterocycles. The zero-order valence-electron chi connectivity index (χ0n) is 16.2. The van der Waals surface area contributed by atoms with Crippen molar-refractivity contribution in [2.75, 3.05) is 31.7 Å². The lowest BCUT2D eigenvalue weighted by Gasteiger charge is -2.28. The lowest BCUT2D eigenvalue weighted by atomic mass is 10.1. The number of aromatic nitrogens is 2. The first-order valence-electron chi connectivity index (χ1n) is 9.02. The second-order valence-electron chi connectivity index (χ2n) is 7.01. The zero-order valence-corrected chi connectivity index (χ0v) is 17.0. The van der Waals surface area contributed by atoms with Crippen LogP contribution >= 0.6 is 0 Å². The number of hydrogen-bond donors (Lipinski definition) is 1. The van der Waals surface area contributed by atoms with Crippen LogP contribution in [0.15, 0.2) is 35.5 Å².